The summed E-state index contributed by atoms with van der Waals surface area (Å²) >= 11 is 0. The average Bonchev–Trinajstić information content (AvgIpc) is 2.94. The summed E-state index contributed by atoms with van der Waals surface area (Å²) in [4.78, 5) is 15.6. The quantitative estimate of drug-likeness (QED) is 0.704. The zero-order valence-corrected chi connectivity index (χ0v) is 11.5. The van der Waals surface area contributed by atoms with Crippen molar-refractivity contribution in [3.63, 3.8) is 0 Å². The Labute approximate surface area is 123 Å². The second-order valence-electron chi connectivity index (χ2n) is 4.55. The molecule has 0 unspecified atom stereocenters. The number of rotatable bonds is 2. The highest BCUT2D eigenvalue weighted by atomic mass is 19.1. The average molecular weight is 303 g/mol. The molecule has 1 amide bonds. The minimum atomic E-state index is -0.876. The Morgan fingerprint density at radius 2 is 2.05 bits per heavy atom. The number of hydrogen-bond acceptors (Lipinski definition) is 4. The molecule has 0 saturated carbocycles. The minimum absolute atomic E-state index is 0.0515. The number of nitrogens with zero attached hydrogens (tertiary/aromatic N) is 3. The summed E-state index contributed by atoms with van der Waals surface area (Å²) in [7, 11) is 1.48. The number of benzene rings is 1. The summed E-state index contributed by atoms with van der Waals surface area (Å²) in [5.74, 6) is -2.03. The standard InChI is InChI=1S/C14H11F2N5O/c1-18-14(22)13-10-5-4-9(20-21(10)6-19-13)11-7(15)2-3-8(17)12(11)16/h2-6H,17H2,1H3,(H,18,22). The maximum Gasteiger partial charge on any atom is 0.271 e. The van der Waals surface area contributed by atoms with Crippen LogP contribution in [0.1, 0.15) is 10.5 Å². The van der Waals surface area contributed by atoms with Crippen LogP contribution in [0.15, 0.2) is 30.6 Å². The molecule has 8 heteroatoms. The van der Waals surface area contributed by atoms with E-state index in [2.05, 4.69) is 15.4 Å². The van der Waals surface area contributed by atoms with Gasteiger partial charge < -0.3 is 11.1 Å². The molecule has 0 aliphatic carbocycles. The molecule has 0 aliphatic rings. The maximum absolute atomic E-state index is 14.0. The van der Waals surface area contributed by atoms with Crippen LogP contribution in [0, 0.1) is 11.6 Å². The highest BCUT2D eigenvalue weighted by molar-refractivity contribution is 5.98. The van der Waals surface area contributed by atoms with Crippen LogP contribution in [0.25, 0.3) is 16.8 Å². The second-order valence-corrected chi connectivity index (χ2v) is 4.55. The van der Waals surface area contributed by atoms with Crippen molar-refractivity contribution in [2.75, 3.05) is 12.8 Å². The predicted molar refractivity (Wildman–Crippen MR) is 76.1 cm³/mol. The molecule has 2 aromatic heterocycles. The van der Waals surface area contributed by atoms with E-state index in [0.29, 0.717) is 5.52 Å². The number of amides is 1. The first-order valence-corrected chi connectivity index (χ1v) is 6.33. The molecule has 1 aromatic carbocycles. The van der Waals surface area contributed by atoms with Gasteiger partial charge in [-0.25, -0.2) is 18.3 Å². The molecule has 22 heavy (non-hydrogen) atoms. The van der Waals surface area contributed by atoms with Crippen LogP contribution in [0.3, 0.4) is 0 Å². The molecular weight excluding hydrogens is 292 g/mol. The van der Waals surface area contributed by atoms with Crippen LogP contribution in [-0.4, -0.2) is 27.6 Å². The molecule has 0 saturated heterocycles. The van der Waals surface area contributed by atoms with Gasteiger partial charge in [-0.3, -0.25) is 4.79 Å². The zero-order chi connectivity index (χ0) is 15.9. The fourth-order valence-electron chi connectivity index (χ4n) is 2.12. The molecule has 0 atom stereocenters. The number of nitrogen functional groups attached to an aromatic ring is 1. The Morgan fingerprint density at radius 1 is 1.27 bits per heavy atom. The van der Waals surface area contributed by atoms with Crippen molar-refractivity contribution in [1.29, 1.82) is 0 Å². The van der Waals surface area contributed by atoms with Crippen molar-refractivity contribution >= 4 is 17.1 Å². The van der Waals surface area contributed by atoms with Gasteiger partial charge in [0.15, 0.2) is 11.5 Å². The van der Waals surface area contributed by atoms with Crippen molar-refractivity contribution in [1.82, 2.24) is 19.9 Å². The molecule has 3 aromatic rings. The number of imidazole rings is 1. The van der Waals surface area contributed by atoms with Crippen molar-refractivity contribution in [3.05, 3.63) is 47.9 Å². The first-order valence-electron chi connectivity index (χ1n) is 6.33. The van der Waals surface area contributed by atoms with E-state index in [1.807, 2.05) is 0 Å². The topological polar surface area (TPSA) is 85.3 Å². The van der Waals surface area contributed by atoms with Crippen LogP contribution in [0.4, 0.5) is 14.5 Å². The molecule has 0 radical (unpaired) electrons. The first-order chi connectivity index (χ1) is 10.5. The molecule has 3 rings (SSSR count). The second kappa shape index (κ2) is 5.06. The van der Waals surface area contributed by atoms with E-state index in [1.165, 1.54) is 30.0 Å². The molecule has 0 aliphatic heterocycles. The fourth-order valence-corrected chi connectivity index (χ4v) is 2.12. The highest BCUT2D eigenvalue weighted by Gasteiger charge is 2.18. The molecule has 0 spiro atoms. The number of fused-ring (bicyclic) bond motifs is 1. The third-order valence-corrected chi connectivity index (χ3v) is 3.22. The van der Waals surface area contributed by atoms with Crippen LogP contribution in [-0.2, 0) is 0 Å². The van der Waals surface area contributed by atoms with Crippen LogP contribution in [0.2, 0.25) is 0 Å². The van der Waals surface area contributed by atoms with Crippen LogP contribution in [0.5, 0.6) is 0 Å². The lowest BCUT2D eigenvalue weighted by Crippen LogP contribution is -2.18. The monoisotopic (exact) mass is 303 g/mol. The van der Waals surface area contributed by atoms with Crippen molar-refractivity contribution in [3.8, 4) is 11.3 Å². The van der Waals surface area contributed by atoms with E-state index in [1.54, 1.807) is 0 Å². The summed E-state index contributed by atoms with van der Waals surface area (Å²) in [6.07, 6.45) is 1.30. The number of nitrogens with two attached hydrogens (primary N) is 1. The van der Waals surface area contributed by atoms with Crippen LogP contribution >= 0.6 is 0 Å². The SMILES string of the molecule is CNC(=O)c1ncn2nc(-c3c(F)ccc(N)c3F)ccc12. The molecule has 3 N–H and O–H groups in total. The predicted octanol–water partition coefficient (Wildman–Crippen LogP) is 1.62. The van der Waals surface area contributed by atoms with Crippen molar-refractivity contribution in [2.45, 2.75) is 0 Å². The Kier molecular flexibility index (Phi) is 3.21. The van der Waals surface area contributed by atoms with Crippen LogP contribution < -0.4 is 11.1 Å². The third-order valence-electron chi connectivity index (χ3n) is 3.22. The number of hydrogen-bond donors (Lipinski definition) is 2. The van der Waals surface area contributed by atoms with E-state index < -0.39 is 11.6 Å². The summed E-state index contributed by atoms with van der Waals surface area (Å²) < 4.78 is 29.2. The Morgan fingerprint density at radius 3 is 2.77 bits per heavy atom. The van der Waals surface area contributed by atoms with Gasteiger partial charge in [0.05, 0.1) is 22.5 Å². The smallest absolute Gasteiger partial charge is 0.271 e. The summed E-state index contributed by atoms with van der Waals surface area (Å²) in [6, 6.07) is 5.14. The molecule has 6 nitrogen and oxygen atoms in total. The van der Waals surface area contributed by atoms with Gasteiger partial charge in [-0.15, -0.1) is 0 Å². The molecule has 0 bridgehead atoms. The number of nitrogens with one attached hydrogen (secondary N) is 1. The summed E-state index contributed by atoms with van der Waals surface area (Å²) in [5, 5.41) is 6.54. The number of carbonyl (C=O) groups is 1. The first kappa shape index (κ1) is 13.9. The lowest BCUT2D eigenvalue weighted by atomic mass is 10.1. The van der Waals surface area contributed by atoms with Gasteiger partial charge in [0, 0.05) is 7.05 Å². The minimum Gasteiger partial charge on any atom is -0.396 e. The summed E-state index contributed by atoms with van der Waals surface area (Å²) in [6.45, 7) is 0. The fraction of sp³-hybridized carbons (Fsp3) is 0.0714. The van der Waals surface area contributed by atoms with E-state index in [-0.39, 0.29) is 28.5 Å². The van der Waals surface area contributed by atoms with Gasteiger partial charge in [0.2, 0.25) is 0 Å². The Balaban J connectivity index is 2.19. The largest absolute Gasteiger partial charge is 0.396 e. The number of anilines is 1. The Hall–Kier alpha value is -3.03. The van der Waals surface area contributed by atoms with Gasteiger partial charge in [0.1, 0.15) is 12.1 Å². The lowest BCUT2D eigenvalue weighted by Gasteiger charge is -2.07. The number of carbonyl (C=O) groups excluding carboxylic acids is 1. The lowest BCUT2D eigenvalue weighted by molar-refractivity contribution is 0.0960. The Bertz CT molecular complexity index is 890. The highest BCUT2D eigenvalue weighted by Crippen LogP contribution is 2.28. The van der Waals surface area contributed by atoms with Crippen molar-refractivity contribution < 1.29 is 13.6 Å². The zero-order valence-electron chi connectivity index (χ0n) is 11.5. The third kappa shape index (κ3) is 2.05. The van der Waals surface area contributed by atoms with E-state index in [9.17, 15) is 13.6 Å². The molecule has 112 valence electrons. The van der Waals surface area contributed by atoms with Gasteiger partial charge in [-0.2, -0.15) is 5.10 Å². The van der Waals surface area contributed by atoms with Gasteiger partial charge in [-0.05, 0) is 24.3 Å². The van der Waals surface area contributed by atoms with Gasteiger partial charge in [-0.1, -0.05) is 0 Å². The number of aromatic nitrogens is 3. The van der Waals surface area contributed by atoms with E-state index in [0.717, 1.165) is 12.1 Å². The molecular formula is C14H11F2N5O. The summed E-state index contributed by atoms with van der Waals surface area (Å²) in [5.41, 5.74) is 5.62. The molecule has 2 heterocycles. The molecule has 0 fully saturated rings. The maximum atomic E-state index is 14.0. The normalized spacial score (nSPS) is 10.9. The van der Waals surface area contributed by atoms with Crippen molar-refractivity contribution in [2.24, 2.45) is 0 Å². The van der Waals surface area contributed by atoms with E-state index in [4.69, 9.17) is 5.73 Å². The number of halogens is 2. The van der Waals surface area contributed by atoms with Gasteiger partial charge in [0.25, 0.3) is 5.91 Å². The van der Waals surface area contributed by atoms with E-state index >= 15 is 0 Å². The van der Waals surface area contributed by atoms with Gasteiger partial charge >= 0.3 is 0 Å².